The van der Waals surface area contributed by atoms with E-state index in [1.54, 1.807) is 35.6 Å². The van der Waals surface area contributed by atoms with Crippen LogP contribution in [0.25, 0.3) is 11.1 Å². The molecule has 10 heteroatoms. The summed E-state index contributed by atoms with van der Waals surface area (Å²) < 4.78 is 33.6. The Morgan fingerprint density at radius 2 is 1.88 bits per heavy atom. The smallest absolute Gasteiger partial charge is 0.256 e. The first-order chi connectivity index (χ1) is 15.9. The van der Waals surface area contributed by atoms with Crippen molar-refractivity contribution in [2.75, 3.05) is 19.0 Å². The maximum atomic E-state index is 13.4. The van der Waals surface area contributed by atoms with Crippen molar-refractivity contribution in [1.29, 1.82) is 0 Å². The van der Waals surface area contributed by atoms with Crippen molar-refractivity contribution in [3.8, 4) is 16.9 Å². The lowest BCUT2D eigenvalue weighted by molar-refractivity contribution is -0.120. The Labute approximate surface area is 195 Å². The third-order valence-electron chi connectivity index (χ3n) is 5.97. The van der Waals surface area contributed by atoms with Gasteiger partial charge in [-0.15, -0.1) is 0 Å². The van der Waals surface area contributed by atoms with Crippen molar-refractivity contribution in [3.63, 3.8) is 0 Å². The summed E-state index contributed by atoms with van der Waals surface area (Å²) >= 11 is 1.56. The van der Waals surface area contributed by atoms with Gasteiger partial charge < -0.3 is 15.0 Å². The normalized spacial score (nSPS) is 20.1. The fraction of sp³-hybridized carbons (Fsp3) is 0.217. The van der Waals surface area contributed by atoms with E-state index in [4.69, 9.17) is 4.74 Å². The molecule has 0 aliphatic carbocycles. The number of sulfonamides is 1. The fourth-order valence-electron chi connectivity index (χ4n) is 4.29. The molecule has 8 nitrogen and oxygen atoms in total. The van der Waals surface area contributed by atoms with Crippen LogP contribution in [0.3, 0.4) is 0 Å². The van der Waals surface area contributed by atoms with Gasteiger partial charge in [-0.2, -0.15) is 11.3 Å². The van der Waals surface area contributed by atoms with Crippen LogP contribution < -0.4 is 14.8 Å². The zero-order valence-corrected chi connectivity index (χ0v) is 19.3. The van der Waals surface area contributed by atoms with Gasteiger partial charge in [-0.05, 0) is 70.8 Å². The van der Waals surface area contributed by atoms with E-state index in [1.807, 2.05) is 22.9 Å². The molecule has 5 rings (SSSR count). The van der Waals surface area contributed by atoms with Crippen molar-refractivity contribution in [2.24, 2.45) is 0 Å². The maximum Gasteiger partial charge on any atom is 0.256 e. The van der Waals surface area contributed by atoms with Gasteiger partial charge in [0.05, 0.1) is 29.3 Å². The van der Waals surface area contributed by atoms with Crippen LogP contribution in [0.5, 0.6) is 5.75 Å². The predicted octanol–water partition coefficient (Wildman–Crippen LogP) is 2.94. The number of rotatable bonds is 5. The Hall–Kier alpha value is -3.21. The molecule has 33 heavy (non-hydrogen) atoms. The highest BCUT2D eigenvalue weighted by molar-refractivity contribution is 7.89. The minimum atomic E-state index is -3.90. The second-order valence-electron chi connectivity index (χ2n) is 7.90. The van der Waals surface area contributed by atoms with E-state index in [1.165, 1.54) is 24.1 Å². The zero-order chi connectivity index (χ0) is 23.2. The number of thiophene rings is 1. The summed E-state index contributed by atoms with van der Waals surface area (Å²) in [5, 5.41) is 6.77. The zero-order valence-electron chi connectivity index (χ0n) is 17.6. The van der Waals surface area contributed by atoms with Gasteiger partial charge in [0.2, 0.25) is 15.9 Å². The number of anilines is 1. The van der Waals surface area contributed by atoms with E-state index in [0.29, 0.717) is 23.4 Å². The van der Waals surface area contributed by atoms with Crippen LogP contribution in [0, 0.1) is 0 Å². The Morgan fingerprint density at radius 3 is 2.58 bits per heavy atom. The SMILES string of the molecule is COc1ccc(S(=O)(=O)NC2CCN3C(=O)c4cc(-c5ccsc5)ccc4NC(=O)C23)cc1. The van der Waals surface area contributed by atoms with Gasteiger partial charge in [0.25, 0.3) is 5.91 Å². The quantitative estimate of drug-likeness (QED) is 0.581. The van der Waals surface area contributed by atoms with Crippen LogP contribution in [0.1, 0.15) is 16.8 Å². The molecule has 3 heterocycles. The average molecular weight is 484 g/mol. The Kier molecular flexibility index (Phi) is 5.43. The number of amides is 2. The topological polar surface area (TPSA) is 105 Å². The largest absolute Gasteiger partial charge is 0.497 e. The van der Waals surface area contributed by atoms with E-state index in [9.17, 15) is 18.0 Å². The molecule has 0 spiro atoms. The van der Waals surface area contributed by atoms with Crippen LogP contribution in [-0.4, -0.2) is 50.9 Å². The third-order valence-corrected chi connectivity index (χ3v) is 8.16. The number of benzene rings is 2. The lowest BCUT2D eigenvalue weighted by Gasteiger charge is -2.25. The summed E-state index contributed by atoms with van der Waals surface area (Å²) in [4.78, 5) is 28.0. The number of methoxy groups -OCH3 is 1. The molecule has 2 unspecified atom stereocenters. The summed E-state index contributed by atoms with van der Waals surface area (Å²) in [6.45, 7) is 0.273. The minimum Gasteiger partial charge on any atom is -0.497 e. The molecular weight excluding hydrogens is 462 g/mol. The molecule has 2 atom stereocenters. The summed E-state index contributed by atoms with van der Waals surface area (Å²) in [7, 11) is -2.40. The number of ether oxygens (including phenoxy) is 1. The number of carbonyl (C=O) groups excluding carboxylic acids is 2. The Bertz CT molecular complexity index is 1320. The second kappa shape index (κ2) is 8.29. The monoisotopic (exact) mass is 483 g/mol. The lowest BCUT2D eigenvalue weighted by Crippen LogP contribution is -2.51. The lowest BCUT2D eigenvalue weighted by atomic mass is 10.0. The Morgan fingerprint density at radius 1 is 1.09 bits per heavy atom. The van der Waals surface area contributed by atoms with Crippen molar-refractivity contribution in [2.45, 2.75) is 23.4 Å². The summed E-state index contributed by atoms with van der Waals surface area (Å²) in [5.41, 5.74) is 2.70. The van der Waals surface area contributed by atoms with E-state index in [-0.39, 0.29) is 17.3 Å². The highest BCUT2D eigenvalue weighted by Gasteiger charge is 2.46. The van der Waals surface area contributed by atoms with Gasteiger partial charge >= 0.3 is 0 Å². The molecule has 2 aromatic carbocycles. The Balaban J connectivity index is 1.42. The standard InChI is InChI=1S/C23H21N3O5S2/c1-31-16-3-5-17(6-4-16)33(29,30)25-20-8-10-26-21(20)22(27)24-19-7-2-14(12-18(19)23(26)28)15-9-11-32-13-15/h2-7,9,11-13,20-21,25H,8,10H2,1H3,(H,24,27). The minimum absolute atomic E-state index is 0.0609. The number of hydrogen-bond donors (Lipinski definition) is 2. The molecule has 170 valence electrons. The third kappa shape index (κ3) is 3.90. The average Bonchev–Trinajstić information content (AvgIpc) is 3.47. The van der Waals surface area contributed by atoms with Gasteiger partial charge in [-0.1, -0.05) is 6.07 Å². The summed E-state index contributed by atoms with van der Waals surface area (Å²) in [6, 6.07) is 11.6. The first-order valence-electron chi connectivity index (χ1n) is 10.3. The molecule has 2 N–H and O–H groups in total. The van der Waals surface area contributed by atoms with Crippen molar-refractivity contribution in [1.82, 2.24) is 9.62 Å². The van der Waals surface area contributed by atoms with E-state index in [2.05, 4.69) is 10.0 Å². The van der Waals surface area contributed by atoms with Gasteiger partial charge in [-0.25, -0.2) is 13.1 Å². The molecule has 0 saturated carbocycles. The van der Waals surface area contributed by atoms with Gasteiger partial charge in [0.1, 0.15) is 11.8 Å². The van der Waals surface area contributed by atoms with Crippen LogP contribution in [0.2, 0.25) is 0 Å². The van der Waals surface area contributed by atoms with E-state index >= 15 is 0 Å². The van der Waals surface area contributed by atoms with Gasteiger partial charge in [0, 0.05) is 6.54 Å². The number of nitrogens with one attached hydrogen (secondary N) is 2. The summed E-state index contributed by atoms with van der Waals surface area (Å²) in [5.74, 6) is -0.170. The van der Waals surface area contributed by atoms with Crippen molar-refractivity contribution < 1.29 is 22.7 Å². The summed E-state index contributed by atoms with van der Waals surface area (Å²) in [6.07, 6.45) is 0.332. The number of hydrogen-bond acceptors (Lipinski definition) is 6. The van der Waals surface area contributed by atoms with Crippen LogP contribution >= 0.6 is 11.3 Å². The molecule has 0 radical (unpaired) electrons. The molecule has 0 bridgehead atoms. The van der Waals surface area contributed by atoms with E-state index < -0.39 is 28.0 Å². The molecule has 1 aromatic heterocycles. The van der Waals surface area contributed by atoms with Crippen molar-refractivity contribution in [3.05, 3.63) is 64.9 Å². The first-order valence-corrected chi connectivity index (χ1v) is 12.7. The first kappa shape index (κ1) is 21.6. The predicted molar refractivity (Wildman–Crippen MR) is 125 cm³/mol. The molecule has 2 aliphatic heterocycles. The van der Waals surface area contributed by atoms with Crippen LogP contribution in [-0.2, 0) is 14.8 Å². The molecular formula is C23H21N3O5S2. The van der Waals surface area contributed by atoms with Gasteiger partial charge in [0.15, 0.2) is 0 Å². The van der Waals surface area contributed by atoms with Crippen molar-refractivity contribution >= 4 is 38.9 Å². The molecule has 3 aromatic rings. The molecule has 2 aliphatic rings. The second-order valence-corrected chi connectivity index (χ2v) is 10.4. The number of fused-ring (bicyclic) bond motifs is 2. The van der Waals surface area contributed by atoms with Gasteiger partial charge in [-0.3, -0.25) is 9.59 Å². The molecule has 1 fully saturated rings. The molecule has 2 amide bonds. The van der Waals surface area contributed by atoms with Crippen LogP contribution in [0.4, 0.5) is 5.69 Å². The maximum absolute atomic E-state index is 13.4. The molecule has 1 saturated heterocycles. The number of carbonyl (C=O) groups is 2. The highest BCUT2D eigenvalue weighted by Crippen LogP contribution is 2.33. The fourth-order valence-corrected chi connectivity index (χ4v) is 6.23. The van der Waals surface area contributed by atoms with Crippen LogP contribution in [0.15, 0.2) is 64.2 Å². The number of nitrogens with zero attached hydrogens (tertiary/aromatic N) is 1. The highest BCUT2D eigenvalue weighted by atomic mass is 32.2. The van der Waals surface area contributed by atoms with E-state index in [0.717, 1.165) is 11.1 Å².